The normalized spacial score (nSPS) is 10.6. The molecule has 9 nitrogen and oxygen atoms in total. The van der Waals surface area contributed by atoms with Crippen LogP contribution in [-0.2, 0) is 24.9 Å². The Morgan fingerprint density at radius 1 is 1.48 bits per heavy atom. The summed E-state index contributed by atoms with van der Waals surface area (Å²) in [6.45, 7) is 2.59. The average molecular weight is 292 g/mol. The third-order valence-electron chi connectivity index (χ3n) is 2.99. The van der Waals surface area contributed by atoms with Crippen LogP contribution >= 0.6 is 0 Å². The van der Waals surface area contributed by atoms with Crippen LogP contribution in [0.5, 0.6) is 0 Å². The summed E-state index contributed by atoms with van der Waals surface area (Å²) in [6, 6.07) is 0. The Balaban J connectivity index is 1.79. The highest BCUT2D eigenvalue weighted by Crippen LogP contribution is 2.08. The van der Waals surface area contributed by atoms with E-state index in [0.717, 1.165) is 17.5 Å². The minimum Gasteiger partial charge on any atom is -0.352 e. The fraction of sp³-hybridized carbons (Fsp3) is 0.417. The second kappa shape index (κ2) is 6.16. The Hall–Kier alpha value is -2.71. The molecular formula is C12H16N6O3. The number of rotatable bonds is 6. The molecule has 0 fully saturated rings. The van der Waals surface area contributed by atoms with Crippen LogP contribution in [0.15, 0.2) is 18.6 Å². The van der Waals surface area contributed by atoms with Gasteiger partial charge in [0, 0.05) is 38.3 Å². The predicted molar refractivity (Wildman–Crippen MR) is 73.3 cm³/mol. The maximum atomic E-state index is 11.7. The van der Waals surface area contributed by atoms with Gasteiger partial charge in [-0.1, -0.05) is 0 Å². The van der Waals surface area contributed by atoms with Gasteiger partial charge in [-0.3, -0.25) is 24.3 Å². The quantitative estimate of drug-likeness (QED) is 0.617. The Kier molecular flexibility index (Phi) is 4.31. The van der Waals surface area contributed by atoms with Crippen molar-refractivity contribution in [1.82, 2.24) is 24.9 Å². The number of amides is 1. The molecule has 1 N–H and O–H groups in total. The zero-order valence-electron chi connectivity index (χ0n) is 11.8. The number of carbonyl (C=O) groups is 1. The maximum absolute atomic E-state index is 11.7. The summed E-state index contributed by atoms with van der Waals surface area (Å²) in [5.74, 6) is -0.142. The highest BCUT2D eigenvalue weighted by molar-refractivity contribution is 5.75. The first-order chi connectivity index (χ1) is 9.95. The lowest BCUT2D eigenvalue weighted by Gasteiger charge is -2.04. The molecule has 0 saturated heterocycles. The van der Waals surface area contributed by atoms with E-state index in [-0.39, 0.29) is 18.0 Å². The minimum absolute atomic E-state index is 0.0820. The van der Waals surface area contributed by atoms with Gasteiger partial charge in [-0.2, -0.15) is 10.2 Å². The van der Waals surface area contributed by atoms with Crippen molar-refractivity contribution < 1.29 is 9.72 Å². The van der Waals surface area contributed by atoms with Crippen LogP contribution in [-0.4, -0.2) is 30.4 Å². The molecule has 1 amide bonds. The monoisotopic (exact) mass is 292 g/mol. The van der Waals surface area contributed by atoms with Gasteiger partial charge in [-0.25, -0.2) is 0 Å². The highest BCUT2D eigenvalue weighted by Gasteiger charge is 2.10. The molecule has 0 aliphatic carbocycles. The van der Waals surface area contributed by atoms with Gasteiger partial charge in [0.2, 0.25) is 5.91 Å². The molecule has 0 atom stereocenters. The molecular weight excluding hydrogens is 276 g/mol. The van der Waals surface area contributed by atoms with Crippen LogP contribution in [0, 0.1) is 17.0 Å². The van der Waals surface area contributed by atoms with Crippen LogP contribution < -0.4 is 5.32 Å². The van der Waals surface area contributed by atoms with Crippen molar-refractivity contribution in [1.29, 1.82) is 0 Å². The number of aromatic nitrogens is 4. The SMILES string of the molecule is Cc1nn(C)cc1CNC(=O)CCn1cc([N+](=O)[O-])cn1. The van der Waals surface area contributed by atoms with Gasteiger partial charge in [0.05, 0.1) is 10.6 Å². The van der Waals surface area contributed by atoms with Gasteiger partial charge in [0.15, 0.2) is 0 Å². The zero-order chi connectivity index (χ0) is 15.4. The molecule has 0 radical (unpaired) electrons. The third kappa shape index (κ3) is 3.88. The van der Waals surface area contributed by atoms with Crippen molar-refractivity contribution >= 4 is 11.6 Å². The van der Waals surface area contributed by atoms with E-state index in [1.807, 2.05) is 20.2 Å². The summed E-state index contributed by atoms with van der Waals surface area (Å²) in [5.41, 5.74) is 1.75. The van der Waals surface area contributed by atoms with Gasteiger partial charge in [0.1, 0.15) is 12.4 Å². The Morgan fingerprint density at radius 2 is 2.24 bits per heavy atom. The zero-order valence-corrected chi connectivity index (χ0v) is 11.8. The molecule has 0 aromatic carbocycles. The van der Waals surface area contributed by atoms with E-state index in [9.17, 15) is 14.9 Å². The molecule has 0 bridgehead atoms. The summed E-state index contributed by atoms with van der Waals surface area (Å²) in [7, 11) is 1.82. The maximum Gasteiger partial charge on any atom is 0.306 e. The molecule has 0 unspecified atom stereocenters. The number of nitrogens with zero attached hydrogens (tertiary/aromatic N) is 5. The first-order valence-electron chi connectivity index (χ1n) is 6.38. The molecule has 0 aliphatic rings. The van der Waals surface area contributed by atoms with Gasteiger partial charge < -0.3 is 5.32 Å². The average Bonchev–Trinajstić information content (AvgIpc) is 3.01. The first kappa shape index (κ1) is 14.7. The summed E-state index contributed by atoms with van der Waals surface area (Å²) in [4.78, 5) is 21.7. The van der Waals surface area contributed by atoms with Crippen LogP contribution in [0.4, 0.5) is 5.69 Å². The van der Waals surface area contributed by atoms with E-state index in [0.29, 0.717) is 13.1 Å². The number of hydrogen-bond donors (Lipinski definition) is 1. The predicted octanol–water partition coefficient (Wildman–Crippen LogP) is 0.540. The van der Waals surface area contributed by atoms with Crippen molar-refractivity contribution in [3.8, 4) is 0 Å². The lowest BCUT2D eigenvalue weighted by atomic mass is 10.2. The number of hydrogen-bond acceptors (Lipinski definition) is 5. The standard InChI is InChI=1S/C12H16N6O3/c1-9-10(7-16(2)15-9)5-13-12(19)3-4-17-8-11(6-14-17)18(20)21/h6-8H,3-5H2,1-2H3,(H,13,19). The number of carbonyl (C=O) groups excluding carboxylic acids is 1. The van der Waals surface area contributed by atoms with Gasteiger partial charge in [-0.15, -0.1) is 0 Å². The van der Waals surface area contributed by atoms with Gasteiger partial charge in [0.25, 0.3) is 0 Å². The van der Waals surface area contributed by atoms with Crippen LogP contribution in [0.25, 0.3) is 0 Å². The Bertz CT molecular complexity index is 660. The van der Waals surface area contributed by atoms with Crippen LogP contribution in [0.1, 0.15) is 17.7 Å². The van der Waals surface area contributed by atoms with E-state index in [1.54, 1.807) is 4.68 Å². The molecule has 2 rings (SSSR count). The smallest absolute Gasteiger partial charge is 0.306 e. The van der Waals surface area contributed by atoms with E-state index in [2.05, 4.69) is 15.5 Å². The molecule has 9 heteroatoms. The van der Waals surface area contributed by atoms with E-state index >= 15 is 0 Å². The lowest BCUT2D eigenvalue weighted by molar-refractivity contribution is -0.385. The number of aryl methyl sites for hydroxylation is 3. The summed E-state index contributed by atoms with van der Waals surface area (Å²) >= 11 is 0. The summed E-state index contributed by atoms with van der Waals surface area (Å²) < 4.78 is 3.08. The molecule has 0 saturated carbocycles. The number of nitrogens with one attached hydrogen (secondary N) is 1. The molecule has 21 heavy (non-hydrogen) atoms. The lowest BCUT2D eigenvalue weighted by Crippen LogP contribution is -2.24. The molecule has 112 valence electrons. The first-order valence-corrected chi connectivity index (χ1v) is 6.38. The molecule has 0 aliphatic heterocycles. The minimum atomic E-state index is -0.519. The second-order valence-corrected chi connectivity index (χ2v) is 4.66. The van der Waals surface area contributed by atoms with Crippen molar-refractivity contribution in [3.63, 3.8) is 0 Å². The van der Waals surface area contributed by atoms with Crippen LogP contribution in [0.2, 0.25) is 0 Å². The van der Waals surface area contributed by atoms with E-state index in [1.165, 1.54) is 10.9 Å². The van der Waals surface area contributed by atoms with Crippen molar-refractivity contribution in [2.24, 2.45) is 7.05 Å². The second-order valence-electron chi connectivity index (χ2n) is 4.66. The third-order valence-corrected chi connectivity index (χ3v) is 2.99. The Morgan fingerprint density at radius 3 is 2.81 bits per heavy atom. The van der Waals surface area contributed by atoms with Gasteiger partial charge >= 0.3 is 5.69 Å². The number of nitro groups is 1. The fourth-order valence-corrected chi connectivity index (χ4v) is 1.89. The van der Waals surface area contributed by atoms with E-state index < -0.39 is 4.92 Å². The topological polar surface area (TPSA) is 108 Å². The van der Waals surface area contributed by atoms with Gasteiger partial charge in [-0.05, 0) is 6.92 Å². The van der Waals surface area contributed by atoms with E-state index in [4.69, 9.17) is 0 Å². The molecule has 2 heterocycles. The largest absolute Gasteiger partial charge is 0.352 e. The van der Waals surface area contributed by atoms with Crippen molar-refractivity contribution in [2.75, 3.05) is 0 Å². The summed E-state index contributed by atoms with van der Waals surface area (Å²) in [6.07, 6.45) is 4.53. The summed E-state index contributed by atoms with van der Waals surface area (Å²) in [5, 5.41) is 21.3. The fourth-order valence-electron chi connectivity index (χ4n) is 1.89. The molecule has 2 aromatic rings. The van der Waals surface area contributed by atoms with Crippen molar-refractivity contribution in [3.05, 3.63) is 40.0 Å². The highest BCUT2D eigenvalue weighted by atomic mass is 16.6. The van der Waals surface area contributed by atoms with Crippen LogP contribution in [0.3, 0.4) is 0 Å². The molecule has 2 aromatic heterocycles. The van der Waals surface area contributed by atoms with Crippen molar-refractivity contribution in [2.45, 2.75) is 26.4 Å². The molecule has 0 spiro atoms. The Labute approximate surface area is 120 Å².